The fourth-order valence-corrected chi connectivity index (χ4v) is 1.60. The Labute approximate surface area is 91.5 Å². The van der Waals surface area contributed by atoms with Crippen LogP contribution in [0.2, 0.25) is 0 Å². The van der Waals surface area contributed by atoms with E-state index in [4.69, 9.17) is 4.74 Å². The lowest BCUT2D eigenvalue weighted by Crippen LogP contribution is -2.11. The number of carbonyl (C=O) groups excluding carboxylic acids is 1. The lowest BCUT2D eigenvalue weighted by atomic mass is 10.0. The van der Waals surface area contributed by atoms with Crippen molar-refractivity contribution in [3.05, 3.63) is 47.7 Å². The minimum atomic E-state index is -2.50. The highest BCUT2D eigenvalue weighted by Gasteiger charge is 2.19. The van der Waals surface area contributed by atoms with E-state index in [9.17, 15) is 13.6 Å². The molecule has 1 unspecified atom stereocenters. The summed E-state index contributed by atoms with van der Waals surface area (Å²) in [6, 6.07) is 5.96. The highest BCUT2D eigenvalue weighted by molar-refractivity contribution is 5.90. The third kappa shape index (κ3) is 2.27. The largest absolute Gasteiger partial charge is 0.493 e. The van der Waals surface area contributed by atoms with Gasteiger partial charge in [-0.05, 0) is 11.6 Å². The first kappa shape index (κ1) is 10.8. The van der Waals surface area contributed by atoms with Crippen molar-refractivity contribution >= 4 is 5.78 Å². The van der Waals surface area contributed by atoms with Gasteiger partial charge in [0.15, 0.2) is 5.78 Å². The highest BCUT2D eigenvalue weighted by atomic mass is 19.3. The molecule has 2 nitrogen and oxygen atoms in total. The lowest BCUT2D eigenvalue weighted by molar-refractivity contribution is -0.118. The Morgan fingerprint density at radius 3 is 2.88 bits per heavy atom. The molecule has 1 aromatic carbocycles. The first-order valence-electron chi connectivity index (χ1n) is 4.89. The normalized spacial score (nSPS) is 19.9. The van der Waals surface area contributed by atoms with Crippen molar-refractivity contribution in [2.75, 3.05) is 0 Å². The van der Waals surface area contributed by atoms with E-state index in [0.717, 1.165) is 0 Å². The Kier molecular flexibility index (Phi) is 2.99. The maximum Gasteiger partial charge on any atom is 0.263 e. The molecule has 0 amide bonds. The number of rotatable bonds is 2. The van der Waals surface area contributed by atoms with Crippen LogP contribution in [-0.4, -0.2) is 5.78 Å². The number of hydrogen-bond donors (Lipinski definition) is 0. The first-order chi connectivity index (χ1) is 7.66. The molecule has 4 heteroatoms. The van der Waals surface area contributed by atoms with Crippen LogP contribution in [0.1, 0.15) is 30.1 Å². The Balaban J connectivity index is 2.23. The zero-order valence-corrected chi connectivity index (χ0v) is 8.40. The summed E-state index contributed by atoms with van der Waals surface area (Å²) in [6.07, 6.45) is -0.103. The van der Waals surface area contributed by atoms with Crippen LogP contribution in [0.3, 0.4) is 0 Å². The predicted octanol–water partition coefficient (Wildman–Crippen LogP) is 3.17. The molecule has 16 heavy (non-hydrogen) atoms. The van der Waals surface area contributed by atoms with Gasteiger partial charge in [-0.15, -0.1) is 0 Å². The van der Waals surface area contributed by atoms with Crippen LogP contribution in [0.5, 0.6) is 0 Å². The summed E-state index contributed by atoms with van der Waals surface area (Å²) in [4.78, 5) is 11.2. The number of hydrogen-bond acceptors (Lipinski definition) is 2. The summed E-state index contributed by atoms with van der Waals surface area (Å²) in [5.41, 5.74) is 0.554. The van der Waals surface area contributed by atoms with Crippen molar-refractivity contribution in [3.8, 4) is 0 Å². The van der Waals surface area contributed by atoms with Gasteiger partial charge in [-0.25, -0.2) is 8.78 Å². The molecule has 84 valence electrons. The van der Waals surface area contributed by atoms with E-state index in [0.29, 0.717) is 5.56 Å². The topological polar surface area (TPSA) is 26.3 Å². The van der Waals surface area contributed by atoms with Gasteiger partial charge < -0.3 is 4.74 Å². The van der Waals surface area contributed by atoms with Gasteiger partial charge in [0.2, 0.25) is 0 Å². The molecule has 0 fully saturated rings. The molecule has 2 rings (SSSR count). The van der Waals surface area contributed by atoms with Crippen LogP contribution in [0.25, 0.3) is 0 Å². The second-order valence-corrected chi connectivity index (χ2v) is 3.57. The Bertz CT molecular complexity index is 427. The van der Waals surface area contributed by atoms with Crippen molar-refractivity contribution in [1.29, 1.82) is 0 Å². The number of benzene rings is 1. The molecule has 1 heterocycles. The maximum atomic E-state index is 12.5. The van der Waals surface area contributed by atoms with Crippen LogP contribution in [0.15, 0.2) is 36.6 Å². The average molecular weight is 224 g/mol. The molecule has 1 aliphatic rings. The number of halogens is 2. The molecule has 1 aromatic rings. The molecule has 0 radical (unpaired) electrons. The quantitative estimate of drug-likeness (QED) is 0.771. The summed E-state index contributed by atoms with van der Waals surface area (Å²) in [6.45, 7) is 0. The van der Waals surface area contributed by atoms with E-state index in [2.05, 4.69) is 0 Å². The van der Waals surface area contributed by atoms with Crippen LogP contribution < -0.4 is 0 Å². The van der Waals surface area contributed by atoms with E-state index in [1.54, 1.807) is 12.1 Å². The zero-order valence-electron chi connectivity index (χ0n) is 8.40. The van der Waals surface area contributed by atoms with Crippen LogP contribution in [0.4, 0.5) is 8.78 Å². The second-order valence-electron chi connectivity index (χ2n) is 3.57. The Morgan fingerprint density at radius 1 is 1.38 bits per heavy atom. The molecule has 1 atom stereocenters. The summed E-state index contributed by atoms with van der Waals surface area (Å²) >= 11 is 0. The summed E-state index contributed by atoms with van der Waals surface area (Å²) in [5, 5.41) is 0. The van der Waals surface area contributed by atoms with Crippen molar-refractivity contribution < 1.29 is 18.3 Å². The maximum absolute atomic E-state index is 12.5. The standard InChI is InChI=1S/C12H10F2O2/c13-12(14)9-3-1-2-8(6-9)11-7-10(15)4-5-16-11/h1-6,11-12H,7H2. The van der Waals surface area contributed by atoms with Crippen molar-refractivity contribution in [1.82, 2.24) is 0 Å². The Hall–Kier alpha value is -1.71. The van der Waals surface area contributed by atoms with Crippen molar-refractivity contribution in [2.24, 2.45) is 0 Å². The van der Waals surface area contributed by atoms with E-state index in [1.807, 2.05) is 0 Å². The van der Waals surface area contributed by atoms with Crippen molar-refractivity contribution in [2.45, 2.75) is 19.0 Å². The van der Waals surface area contributed by atoms with Gasteiger partial charge in [0, 0.05) is 11.6 Å². The second kappa shape index (κ2) is 4.43. The van der Waals surface area contributed by atoms with Crippen LogP contribution in [0, 0.1) is 0 Å². The van der Waals surface area contributed by atoms with Crippen LogP contribution >= 0.6 is 0 Å². The number of allylic oxidation sites excluding steroid dienone is 1. The molecule has 0 saturated heterocycles. The lowest BCUT2D eigenvalue weighted by Gasteiger charge is -2.19. The smallest absolute Gasteiger partial charge is 0.263 e. The zero-order chi connectivity index (χ0) is 11.5. The molecule has 0 spiro atoms. The number of ether oxygens (including phenoxy) is 1. The summed E-state index contributed by atoms with van der Waals surface area (Å²) in [7, 11) is 0. The van der Waals surface area contributed by atoms with Gasteiger partial charge in [-0.3, -0.25) is 4.79 Å². The number of alkyl halides is 2. The fraction of sp³-hybridized carbons (Fsp3) is 0.250. The van der Waals surface area contributed by atoms with E-state index >= 15 is 0 Å². The van der Waals surface area contributed by atoms with E-state index in [1.165, 1.54) is 24.5 Å². The average Bonchev–Trinajstić information content (AvgIpc) is 2.29. The molecule has 1 aliphatic heterocycles. The van der Waals surface area contributed by atoms with Gasteiger partial charge in [-0.2, -0.15) is 0 Å². The van der Waals surface area contributed by atoms with Gasteiger partial charge in [0.1, 0.15) is 6.10 Å². The molecule has 0 N–H and O–H groups in total. The Morgan fingerprint density at radius 2 is 2.19 bits per heavy atom. The van der Waals surface area contributed by atoms with Crippen molar-refractivity contribution in [3.63, 3.8) is 0 Å². The van der Waals surface area contributed by atoms with Gasteiger partial charge in [-0.1, -0.05) is 18.2 Å². The summed E-state index contributed by atoms with van der Waals surface area (Å²) in [5.74, 6) is -0.0568. The first-order valence-corrected chi connectivity index (χ1v) is 4.89. The summed E-state index contributed by atoms with van der Waals surface area (Å²) < 4.78 is 30.2. The van der Waals surface area contributed by atoms with Crippen LogP contribution in [-0.2, 0) is 9.53 Å². The van der Waals surface area contributed by atoms with Gasteiger partial charge in [0.25, 0.3) is 6.43 Å². The monoisotopic (exact) mass is 224 g/mol. The minimum Gasteiger partial charge on any atom is -0.493 e. The highest BCUT2D eigenvalue weighted by Crippen LogP contribution is 2.28. The fourth-order valence-electron chi connectivity index (χ4n) is 1.60. The van der Waals surface area contributed by atoms with E-state index in [-0.39, 0.29) is 17.8 Å². The predicted molar refractivity (Wildman–Crippen MR) is 54.0 cm³/mol. The third-order valence-electron chi connectivity index (χ3n) is 2.42. The molecular formula is C12H10F2O2. The molecule has 0 aliphatic carbocycles. The molecule has 0 bridgehead atoms. The molecule has 0 saturated carbocycles. The van der Waals surface area contributed by atoms with Gasteiger partial charge in [0.05, 0.1) is 12.7 Å². The minimum absolute atomic E-state index is 0.0527. The van der Waals surface area contributed by atoms with E-state index < -0.39 is 12.5 Å². The molecular weight excluding hydrogens is 214 g/mol. The number of ketones is 1. The molecule has 0 aromatic heterocycles. The SMILES string of the molecule is O=C1C=COC(c2cccc(C(F)F)c2)C1. The van der Waals surface area contributed by atoms with Gasteiger partial charge >= 0.3 is 0 Å². The third-order valence-corrected chi connectivity index (χ3v) is 2.42. The number of carbonyl (C=O) groups is 1.